The Labute approximate surface area is 107 Å². The first kappa shape index (κ1) is 12.9. The summed E-state index contributed by atoms with van der Waals surface area (Å²) in [5.41, 5.74) is 0.936. The molecule has 1 aromatic heterocycles. The molecule has 5 heteroatoms. The standard InChI is InChI=1S/C13H21N3O2/c1-4-16(8-10-6-5-7-10)12-11(13(17)18)9(2)14-15(12)3/h10H,4-8H2,1-3H3,(H,17,18). The van der Waals surface area contributed by atoms with Crippen molar-refractivity contribution in [3.63, 3.8) is 0 Å². The van der Waals surface area contributed by atoms with E-state index in [9.17, 15) is 9.90 Å². The van der Waals surface area contributed by atoms with Crippen LogP contribution in [0.3, 0.4) is 0 Å². The van der Waals surface area contributed by atoms with E-state index >= 15 is 0 Å². The van der Waals surface area contributed by atoms with Gasteiger partial charge in [-0.15, -0.1) is 0 Å². The smallest absolute Gasteiger partial charge is 0.341 e. The van der Waals surface area contributed by atoms with Gasteiger partial charge < -0.3 is 10.0 Å². The van der Waals surface area contributed by atoms with Crippen molar-refractivity contribution in [3.8, 4) is 0 Å². The molecule has 18 heavy (non-hydrogen) atoms. The molecular formula is C13H21N3O2. The van der Waals surface area contributed by atoms with Crippen LogP contribution >= 0.6 is 0 Å². The van der Waals surface area contributed by atoms with Crippen molar-refractivity contribution < 1.29 is 9.90 Å². The van der Waals surface area contributed by atoms with E-state index in [1.165, 1.54) is 19.3 Å². The highest BCUT2D eigenvalue weighted by Crippen LogP contribution is 2.30. The van der Waals surface area contributed by atoms with Crippen LogP contribution in [-0.2, 0) is 7.05 Å². The third-order valence-corrected chi connectivity index (χ3v) is 3.79. The van der Waals surface area contributed by atoms with Crippen molar-refractivity contribution in [1.29, 1.82) is 0 Å². The summed E-state index contributed by atoms with van der Waals surface area (Å²) in [6, 6.07) is 0. The molecule has 0 amide bonds. The fraction of sp³-hybridized carbons (Fsp3) is 0.692. The number of hydrogen-bond acceptors (Lipinski definition) is 3. The second-order valence-electron chi connectivity index (χ2n) is 5.05. The molecule has 0 radical (unpaired) electrons. The summed E-state index contributed by atoms with van der Waals surface area (Å²) in [5.74, 6) is 0.568. The molecule has 0 spiro atoms. The third kappa shape index (κ3) is 2.21. The average molecular weight is 251 g/mol. The molecule has 0 unspecified atom stereocenters. The number of aromatic nitrogens is 2. The van der Waals surface area contributed by atoms with E-state index in [4.69, 9.17) is 0 Å². The Hall–Kier alpha value is -1.52. The first-order chi connectivity index (χ1) is 8.54. The van der Waals surface area contributed by atoms with Gasteiger partial charge in [0.1, 0.15) is 11.4 Å². The lowest BCUT2D eigenvalue weighted by molar-refractivity contribution is 0.0696. The molecule has 1 aliphatic carbocycles. The number of carboxylic acid groups (broad SMARTS) is 1. The van der Waals surface area contributed by atoms with Gasteiger partial charge in [-0.3, -0.25) is 4.68 Å². The minimum Gasteiger partial charge on any atom is -0.477 e. The van der Waals surface area contributed by atoms with Gasteiger partial charge in [0.25, 0.3) is 0 Å². The van der Waals surface area contributed by atoms with Crippen LogP contribution in [0.2, 0.25) is 0 Å². The van der Waals surface area contributed by atoms with Crippen LogP contribution in [0.15, 0.2) is 0 Å². The number of nitrogens with zero attached hydrogens (tertiary/aromatic N) is 3. The summed E-state index contributed by atoms with van der Waals surface area (Å²) in [5, 5.41) is 13.6. The minimum atomic E-state index is -0.886. The van der Waals surface area contributed by atoms with Crippen LogP contribution < -0.4 is 4.90 Å². The lowest BCUT2D eigenvalue weighted by atomic mass is 9.85. The van der Waals surface area contributed by atoms with Gasteiger partial charge in [-0.05, 0) is 32.6 Å². The molecule has 0 aromatic carbocycles. The molecule has 0 bridgehead atoms. The summed E-state index contributed by atoms with van der Waals surface area (Å²) in [4.78, 5) is 13.5. The van der Waals surface area contributed by atoms with E-state index < -0.39 is 5.97 Å². The average Bonchev–Trinajstić information content (AvgIpc) is 2.53. The first-order valence-electron chi connectivity index (χ1n) is 6.56. The predicted octanol–water partition coefficient (Wildman–Crippen LogP) is 2.05. The van der Waals surface area contributed by atoms with Crippen molar-refractivity contribution in [2.75, 3.05) is 18.0 Å². The molecule has 1 fully saturated rings. The van der Waals surface area contributed by atoms with Crippen molar-refractivity contribution >= 4 is 11.8 Å². The zero-order chi connectivity index (χ0) is 13.3. The van der Waals surface area contributed by atoms with Crippen LogP contribution in [0.5, 0.6) is 0 Å². The maximum Gasteiger partial charge on any atom is 0.341 e. The molecule has 2 rings (SSSR count). The Morgan fingerprint density at radius 2 is 2.22 bits per heavy atom. The van der Waals surface area contributed by atoms with Gasteiger partial charge in [-0.25, -0.2) is 4.79 Å². The normalized spacial score (nSPS) is 15.5. The van der Waals surface area contributed by atoms with E-state index in [1.54, 1.807) is 11.6 Å². The minimum absolute atomic E-state index is 0.346. The molecule has 0 atom stereocenters. The number of hydrogen-bond donors (Lipinski definition) is 1. The molecule has 0 saturated heterocycles. The Bertz CT molecular complexity index is 449. The van der Waals surface area contributed by atoms with Crippen molar-refractivity contribution in [3.05, 3.63) is 11.3 Å². The number of carbonyl (C=O) groups is 1. The number of rotatable bonds is 5. The number of carboxylic acids is 1. The molecule has 100 valence electrons. The highest BCUT2D eigenvalue weighted by Gasteiger charge is 2.27. The topological polar surface area (TPSA) is 58.4 Å². The fourth-order valence-corrected chi connectivity index (χ4v) is 2.61. The Morgan fingerprint density at radius 1 is 1.56 bits per heavy atom. The van der Waals surface area contributed by atoms with Crippen LogP contribution in [-0.4, -0.2) is 33.9 Å². The van der Waals surface area contributed by atoms with Gasteiger partial charge in [0.15, 0.2) is 0 Å². The number of aromatic carboxylic acids is 1. The van der Waals surface area contributed by atoms with Gasteiger partial charge in [-0.1, -0.05) is 6.42 Å². The van der Waals surface area contributed by atoms with Gasteiger partial charge >= 0.3 is 5.97 Å². The van der Waals surface area contributed by atoms with Crippen molar-refractivity contribution in [1.82, 2.24) is 9.78 Å². The quantitative estimate of drug-likeness (QED) is 0.870. The predicted molar refractivity (Wildman–Crippen MR) is 70.1 cm³/mol. The fourth-order valence-electron chi connectivity index (χ4n) is 2.61. The lowest BCUT2D eigenvalue weighted by Crippen LogP contribution is -2.34. The van der Waals surface area contributed by atoms with Crippen LogP contribution in [0.1, 0.15) is 42.2 Å². The first-order valence-corrected chi connectivity index (χ1v) is 6.56. The molecule has 0 aliphatic heterocycles. The van der Waals surface area contributed by atoms with E-state index in [0.29, 0.717) is 17.2 Å². The summed E-state index contributed by atoms with van der Waals surface area (Å²) in [6.07, 6.45) is 3.82. The second kappa shape index (κ2) is 5.00. The summed E-state index contributed by atoms with van der Waals surface area (Å²) < 4.78 is 1.70. The molecule has 5 nitrogen and oxygen atoms in total. The molecule has 1 saturated carbocycles. The van der Waals surface area contributed by atoms with Gasteiger partial charge in [-0.2, -0.15) is 5.10 Å². The van der Waals surface area contributed by atoms with Gasteiger partial charge in [0.2, 0.25) is 0 Å². The molecular weight excluding hydrogens is 230 g/mol. The summed E-state index contributed by atoms with van der Waals surface area (Å²) in [7, 11) is 1.82. The molecule has 1 aliphatic rings. The Balaban J connectivity index is 2.30. The summed E-state index contributed by atoms with van der Waals surface area (Å²) in [6.45, 7) is 5.57. The SMILES string of the molecule is CCN(CC1CCC1)c1c(C(=O)O)c(C)nn1C. The van der Waals surface area contributed by atoms with Gasteiger partial charge in [0, 0.05) is 20.1 Å². The number of aryl methyl sites for hydroxylation is 2. The highest BCUT2D eigenvalue weighted by molar-refractivity contribution is 5.94. The zero-order valence-electron chi connectivity index (χ0n) is 11.3. The van der Waals surface area contributed by atoms with Crippen LogP contribution in [0.25, 0.3) is 0 Å². The molecule has 1 aromatic rings. The van der Waals surface area contributed by atoms with E-state index in [2.05, 4.69) is 16.9 Å². The molecule has 1 N–H and O–H groups in total. The molecule has 1 heterocycles. The third-order valence-electron chi connectivity index (χ3n) is 3.79. The van der Waals surface area contributed by atoms with E-state index in [0.717, 1.165) is 18.9 Å². The maximum atomic E-state index is 11.4. The summed E-state index contributed by atoms with van der Waals surface area (Å²) >= 11 is 0. The second-order valence-corrected chi connectivity index (χ2v) is 5.05. The largest absolute Gasteiger partial charge is 0.477 e. The van der Waals surface area contributed by atoms with Gasteiger partial charge in [0.05, 0.1) is 5.69 Å². The Kier molecular flexibility index (Phi) is 3.59. The highest BCUT2D eigenvalue weighted by atomic mass is 16.4. The maximum absolute atomic E-state index is 11.4. The van der Waals surface area contributed by atoms with E-state index in [-0.39, 0.29) is 0 Å². The lowest BCUT2D eigenvalue weighted by Gasteiger charge is -2.33. The Morgan fingerprint density at radius 3 is 2.67 bits per heavy atom. The van der Waals surface area contributed by atoms with Crippen LogP contribution in [0, 0.1) is 12.8 Å². The zero-order valence-corrected chi connectivity index (χ0v) is 11.3. The van der Waals surface area contributed by atoms with Crippen molar-refractivity contribution in [2.45, 2.75) is 33.1 Å². The number of anilines is 1. The monoisotopic (exact) mass is 251 g/mol. The van der Waals surface area contributed by atoms with Crippen molar-refractivity contribution in [2.24, 2.45) is 13.0 Å². The van der Waals surface area contributed by atoms with E-state index in [1.807, 2.05) is 7.05 Å². The van der Waals surface area contributed by atoms with Crippen LogP contribution in [0.4, 0.5) is 5.82 Å².